The number of fused-ring (bicyclic) bond motifs is 1. The predicted molar refractivity (Wildman–Crippen MR) is 101 cm³/mol. The van der Waals surface area contributed by atoms with Gasteiger partial charge in [-0.05, 0) is 43.2 Å². The molecule has 152 valence electrons. The lowest BCUT2D eigenvalue weighted by Gasteiger charge is -2.30. The number of imidazole rings is 1. The number of aliphatic hydroxyl groups is 2. The summed E-state index contributed by atoms with van der Waals surface area (Å²) in [5.74, 6) is 0.484. The molecule has 3 heterocycles. The van der Waals surface area contributed by atoms with Crippen molar-refractivity contribution >= 4 is 28.6 Å². The summed E-state index contributed by atoms with van der Waals surface area (Å²) in [6.45, 7) is 0. The molecule has 9 nitrogen and oxygen atoms in total. The minimum Gasteiger partial charge on any atom is -0.387 e. The molecule has 5 rings (SSSR count). The van der Waals surface area contributed by atoms with Crippen LogP contribution < -0.4 is 5.73 Å². The summed E-state index contributed by atoms with van der Waals surface area (Å²) in [5, 5.41) is 21.5. The maximum Gasteiger partial charge on any atom is 0.226 e. The topological polar surface area (TPSA) is 129 Å². The quantitative estimate of drug-likeness (QED) is 0.632. The van der Waals surface area contributed by atoms with E-state index in [1.165, 1.54) is 6.33 Å². The highest BCUT2D eigenvalue weighted by Crippen LogP contribution is 2.41. The van der Waals surface area contributed by atoms with Crippen molar-refractivity contribution in [3.05, 3.63) is 11.6 Å². The van der Waals surface area contributed by atoms with Crippen molar-refractivity contribution < 1.29 is 19.7 Å². The third kappa shape index (κ3) is 3.15. The van der Waals surface area contributed by atoms with Crippen LogP contribution in [0.2, 0.25) is 5.28 Å². The largest absolute Gasteiger partial charge is 0.387 e. The Hall–Kier alpha value is -1.52. The first-order valence-corrected chi connectivity index (χ1v) is 10.2. The second-order valence-electron chi connectivity index (χ2n) is 8.02. The third-order valence-corrected chi connectivity index (χ3v) is 6.20. The minimum atomic E-state index is -1.15. The smallest absolute Gasteiger partial charge is 0.226 e. The number of anilines is 1. The number of hydrogen-bond acceptors (Lipinski definition) is 8. The molecule has 5 atom stereocenters. The lowest BCUT2D eigenvalue weighted by molar-refractivity contribution is -0.130. The van der Waals surface area contributed by atoms with Crippen molar-refractivity contribution in [2.24, 2.45) is 5.92 Å². The van der Waals surface area contributed by atoms with Crippen LogP contribution in [0.3, 0.4) is 0 Å². The molecule has 2 aromatic rings. The highest BCUT2D eigenvalue weighted by molar-refractivity contribution is 6.28. The van der Waals surface area contributed by atoms with E-state index < -0.39 is 24.5 Å². The van der Waals surface area contributed by atoms with Gasteiger partial charge in [-0.15, -0.1) is 0 Å². The number of rotatable bonds is 5. The van der Waals surface area contributed by atoms with Crippen molar-refractivity contribution in [1.82, 2.24) is 19.5 Å². The first-order valence-electron chi connectivity index (χ1n) is 9.85. The molecule has 0 radical (unpaired) electrons. The molecule has 4 N–H and O–H groups in total. The van der Waals surface area contributed by atoms with Crippen molar-refractivity contribution in [2.75, 3.05) is 5.73 Å². The minimum absolute atomic E-state index is 0.0164. The van der Waals surface area contributed by atoms with Crippen LogP contribution in [0.25, 0.3) is 11.2 Å². The van der Waals surface area contributed by atoms with Crippen LogP contribution in [0.4, 0.5) is 5.82 Å². The van der Waals surface area contributed by atoms with Crippen LogP contribution in [0.15, 0.2) is 6.33 Å². The van der Waals surface area contributed by atoms with Crippen LogP contribution in [0, 0.1) is 5.92 Å². The van der Waals surface area contributed by atoms with Gasteiger partial charge in [-0.1, -0.05) is 12.8 Å². The highest BCUT2D eigenvalue weighted by Gasteiger charge is 2.51. The molecule has 1 saturated heterocycles. The Bertz CT molecular complexity index is 869. The lowest BCUT2D eigenvalue weighted by Crippen LogP contribution is -2.44. The zero-order valence-corrected chi connectivity index (χ0v) is 16.1. The molecule has 2 aliphatic carbocycles. The Morgan fingerprint density at radius 2 is 1.93 bits per heavy atom. The second-order valence-corrected chi connectivity index (χ2v) is 8.36. The molecule has 3 aliphatic rings. The molecular formula is C18H24ClN5O4. The maximum atomic E-state index is 10.8. The number of nitrogen functional groups attached to an aromatic ring is 1. The maximum absolute atomic E-state index is 10.8. The zero-order valence-electron chi connectivity index (χ0n) is 15.3. The molecule has 0 bridgehead atoms. The molecule has 0 aromatic carbocycles. The first kappa shape index (κ1) is 18.5. The summed E-state index contributed by atoms with van der Waals surface area (Å²) in [6.07, 6.45) is 4.29. The van der Waals surface area contributed by atoms with Crippen molar-refractivity contribution in [2.45, 2.75) is 75.3 Å². The van der Waals surface area contributed by atoms with Gasteiger partial charge in [-0.25, -0.2) is 4.98 Å². The lowest BCUT2D eigenvalue weighted by atomic mass is 9.92. The van der Waals surface area contributed by atoms with Gasteiger partial charge in [0.1, 0.15) is 23.8 Å². The van der Waals surface area contributed by atoms with Gasteiger partial charge in [-0.2, -0.15) is 9.97 Å². The summed E-state index contributed by atoms with van der Waals surface area (Å²) in [6, 6.07) is 0. The normalized spacial score (nSPS) is 32.4. The first-order chi connectivity index (χ1) is 13.5. The Kier molecular flexibility index (Phi) is 4.67. The molecule has 0 spiro atoms. The van der Waals surface area contributed by atoms with Crippen LogP contribution >= 0.6 is 11.6 Å². The molecular weight excluding hydrogens is 386 g/mol. The van der Waals surface area contributed by atoms with Gasteiger partial charge in [0.15, 0.2) is 17.7 Å². The molecule has 0 amide bonds. The van der Waals surface area contributed by atoms with Crippen molar-refractivity contribution in [1.29, 1.82) is 0 Å². The van der Waals surface area contributed by atoms with Gasteiger partial charge < -0.3 is 25.4 Å². The fourth-order valence-electron chi connectivity index (χ4n) is 4.45. The van der Waals surface area contributed by atoms with Crippen molar-refractivity contribution in [3.8, 4) is 0 Å². The second kappa shape index (κ2) is 7.07. The van der Waals surface area contributed by atoms with Gasteiger partial charge >= 0.3 is 0 Å². The number of nitrogens with zero attached hydrogens (tertiary/aromatic N) is 4. The average molecular weight is 410 g/mol. The van der Waals surface area contributed by atoms with Crippen molar-refractivity contribution in [3.63, 3.8) is 0 Å². The summed E-state index contributed by atoms with van der Waals surface area (Å²) in [7, 11) is 0. The van der Waals surface area contributed by atoms with E-state index in [0.29, 0.717) is 17.1 Å². The van der Waals surface area contributed by atoms with E-state index >= 15 is 0 Å². The van der Waals surface area contributed by atoms with Crippen LogP contribution in [0.1, 0.15) is 44.8 Å². The molecule has 2 saturated carbocycles. The van der Waals surface area contributed by atoms with Gasteiger partial charge in [0.2, 0.25) is 5.28 Å². The molecule has 3 fully saturated rings. The van der Waals surface area contributed by atoms with Crippen LogP contribution in [-0.2, 0) is 9.47 Å². The van der Waals surface area contributed by atoms with E-state index in [4.69, 9.17) is 26.8 Å². The van der Waals surface area contributed by atoms with Gasteiger partial charge in [-0.3, -0.25) is 4.57 Å². The number of nitrogens with two attached hydrogens (primary N) is 1. The summed E-state index contributed by atoms with van der Waals surface area (Å²) >= 11 is 5.94. The Morgan fingerprint density at radius 1 is 1.18 bits per heavy atom. The van der Waals surface area contributed by atoms with Gasteiger partial charge in [0, 0.05) is 0 Å². The summed E-state index contributed by atoms with van der Waals surface area (Å²) in [5.41, 5.74) is 6.60. The van der Waals surface area contributed by atoms with E-state index in [2.05, 4.69) is 15.0 Å². The highest BCUT2D eigenvalue weighted by atomic mass is 35.5. The SMILES string of the molecule is Nc1nc(Cl)nc2c1ncn2[C@@H]1O[C@H](C(OC2CC2)C2CCCC2)[C@@H](O)[C@H]1O. The van der Waals surface area contributed by atoms with Crippen LogP contribution in [0.5, 0.6) is 0 Å². The van der Waals surface area contributed by atoms with Gasteiger partial charge in [0.25, 0.3) is 0 Å². The fourth-order valence-corrected chi connectivity index (χ4v) is 4.62. The predicted octanol–water partition coefficient (Wildman–Crippen LogP) is 1.42. The number of hydrogen-bond donors (Lipinski definition) is 3. The standard InChI is InChI=1S/C18H24ClN5O4/c19-18-22-15(20)10-16(23-18)24(7-21-10)17-12(26)11(25)14(28-17)13(27-9-5-6-9)8-3-1-2-4-8/h7-9,11-14,17,25-26H,1-6H2,(H2,20,22,23)/t11-,12+,13?,14-,17+/m0/s1. The molecule has 1 unspecified atom stereocenters. The van der Waals surface area contributed by atoms with Gasteiger partial charge in [0.05, 0.1) is 18.5 Å². The van der Waals surface area contributed by atoms with E-state index in [1.54, 1.807) is 4.57 Å². The van der Waals surface area contributed by atoms with E-state index in [0.717, 1.165) is 38.5 Å². The van der Waals surface area contributed by atoms with E-state index in [9.17, 15) is 10.2 Å². The number of aromatic nitrogens is 4. The van der Waals surface area contributed by atoms with E-state index in [1.807, 2.05) is 0 Å². The Balaban J connectivity index is 1.46. The Labute approximate surface area is 166 Å². The molecule has 10 heteroatoms. The number of aliphatic hydroxyl groups excluding tert-OH is 2. The summed E-state index contributed by atoms with van der Waals surface area (Å²) < 4.78 is 14.0. The zero-order chi connectivity index (χ0) is 19.4. The molecule has 2 aromatic heterocycles. The molecule has 28 heavy (non-hydrogen) atoms. The average Bonchev–Trinajstić information content (AvgIpc) is 3.05. The van der Waals surface area contributed by atoms with E-state index in [-0.39, 0.29) is 23.3 Å². The fraction of sp³-hybridized carbons (Fsp3) is 0.722. The number of ether oxygens (including phenoxy) is 2. The Morgan fingerprint density at radius 3 is 2.64 bits per heavy atom. The molecule has 1 aliphatic heterocycles. The van der Waals surface area contributed by atoms with Crippen LogP contribution in [-0.4, -0.2) is 60.3 Å². The third-order valence-electron chi connectivity index (χ3n) is 6.03. The number of halogens is 1. The summed E-state index contributed by atoms with van der Waals surface area (Å²) in [4.78, 5) is 12.3. The monoisotopic (exact) mass is 409 g/mol.